The number of nitrogens with one attached hydrogen (secondary N) is 1. The summed E-state index contributed by atoms with van der Waals surface area (Å²) in [5, 5.41) is 10.7. The number of carbonyl (C=O) groups is 1. The van der Waals surface area contributed by atoms with Crippen LogP contribution in [0.15, 0.2) is 71.6 Å². The minimum Gasteiger partial charge on any atom is -0.508 e. The van der Waals surface area contributed by atoms with Gasteiger partial charge in [-0.15, -0.1) is 0 Å². The van der Waals surface area contributed by atoms with E-state index in [4.69, 9.17) is 0 Å². The summed E-state index contributed by atoms with van der Waals surface area (Å²) in [6.45, 7) is 1.61. The van der Waals surface area contributed by atoms with Crippen molar-refractivity contribution >= 4 is 26.7 Å². The molecule has 3 aromatic carbocycles. The molecular formula is C19H17NO4S. The third kappa shape index (κ3) is 3.49. The second-order valence-electron chi connectivity index (χ2n) is 5.76. The molecule has 1 amide bonds. The van der Waals surface area contributed by atoms with E-state index in [9.17, 15) is 18.3 Å². The molecule has 3 aromatic rings. The molecule has 0 bridgehead atoms. The topological polar surface area (TPSA) is 83.5 Å². The van der Waals surface area contributed by atoms with Crippen molar-refractivity contribution in [2.75, 3.05) is 0 Å². The lowest BCUT2D eigenvalue weighted by atomic mass is 10.0. The number of fused-ring (bicyclic) bond motifs is 1. The van der Waals surface area contributed by atoms with Gasteiger partial charge < -0.3 is 5.11 Å². The Morgan fingerprint density at radius 1 is 0.960 bits per heavy atom. The lowest BCUT2D eigenvalue weighted by Crippen LogP contribution is -2.33. The van der Waals surface area contributed by atoms with Crippen LogP contribution in [0.2, 0.25) is 0 Å². The molecule has 0 aliphatic carbocycles. The Kier molecular flexibility index (Phi) is 4.46. The highest BCUT2D eigenvalue weighted by Gasteiger charge is 2.24. The zero-order chi connectivity index (χ0) is 18.0. The van der Waals surface area contributed by atoms with Crippen LogP contribution < -0.4 is 4.72 Å². The first kappa shape index (κ1) is 17.0. The predicted molar refractivity (Wildman–Crippen MR) is 95.8 cm³/mol. The van der Waals surface area contributed by atoms with Crippen LogP contribution >= 0.6 is 0 Å². The zero-order valence-corrected chi connectivity index (χ0v) is 14.3. The number of benzene rings is 3. The zero-order valence-electron chi connectivity index (χ0n) is 13.5. The standard InChI is InChI=1S/C19H17NO4S/c1-13(14-9-11-16(21)12-10-14)19(22)20-25(23,24)18-8-4-6-15-5-2-3-7-17(15)18/h2-13,21H,1H3,(H,20,22). The number of carbonyl (C=O) groups excluding carboxylic acids is 1. The molecule has 0 aliphatic heterocycles. The van der Waals surface area contributed by atoms with Crippen molar-refractivity contribution in [3.63, 3.8) is 0 Å². The number of phenolic OH excluding ortho intramolecular Hbond substituents is 1. The van der Waals surface area contributed by atoms with E-state index in [1.54, 1.807) is 37.3 Å². The molecule has 0 aromatic heterocycles. The molecule has 1 unspecified atom stereocenters. The molecular weight excluding hydrogens is 338 g/mol. The number of hydrogen-bond acceptors (Lipinski definition) is 4. The molecule has 3 rings (SSSR count). The molecule has 1 atom stereocenters. The van der Waals surface area contributed by atoms with E-state index >= 15 is 0 Å². The monoisotopic (exact) mass is 355 g/mol. The highest BCUT2D eigenvalue weighted by Crippen LogP contribution is 2.24. The fourth-order valence-corrected chi connectivity index (χ4v) is 3.90. The lowest BCUT2D eigenvalue weighted by Gasteiger charge is -2.14. The highest BCUT2D eigenvalue weighted by molar-refractivity contribution is 7.90. The molecule has 0 aliphatic rings. The van der Waals surface area contributed by atoms with E-state index in [2.05, 4.69) is 4.72 Å². The SMILES string of the molecule is CC(C(=O)NS(=O)(=O)c1cccc2ccccc12)c1ccc(O)cc1. The van der Waals surface area contributed by atoms with E-state index in [0.29, 0.717) is 10.9 Å². The normalized spacial score (nSPS) is 12.7. The summed E-state index contributed by atoms with van der Waals surface area (Å²) in [4.78, 5) is 12.5. The summed E-state index contributed by atoms with van der Waals surface area (Å²) in [7, 11) is -4.00. The van der Waals surface area contributed by atoms with Crippen LogP contribution in [0.4, 0.5) is 0 Å². The second-order valence-corrected chi connectivity index (χ2v) is 7.41. The molecule has 0 fully saturated rings. The molecule has 0 spiro atoms. The fourth-order valence-electron chi connectivity index (χ4n) is 2.62. The van der Waals surface area contributed by atoms with Crippen molar-refractivity contribution in [1.82, 2.24) is 4.72 Å². The van der Waals surface area contributed by atoms with Gasteiger partial charge >= 0.3 is 0 Å². The summed E-state index contributed by atoms with van der Waals surface area (Å²) in [6.07, 6.45) is 0. The Bertz CT molecular complexity index is 1020. The Morgan fingerprint density at radius 3 is 2.32 bits per heavy atom. The minimum atomic E-state index is -4.00. The molecule has 0 saturated heterocycles. The third-order valence-corrected chi connectivity index (χ3v) is 5.47. The summed E-state index contributed by atoms with van der Waals surface area (Å²) < 4.78 is 27.5. The maximum Gasteiger partial charge on any atom is 0.264 e. The van der Waals surface area contributed by atoms with Gasteiger partial charge in [0.1, 0.15) is 5.75 Å². The van der Waals surface area contributed by atoms with Gasteiger partial charge in [0.15, 0.2) is 0 Å². The summed E-state index contributed by atoms with van der Waals surface area (Å²) in [5.74, 6) is -1.22. The molecule has 128 valence electrons. The summed E-state index contributed by atoms with van der Waals surface area (Å²) in [5.41, 5.74) is 0.614. The van der Waals surface area contributed by atoms with Gasteiger partial charge in [0.05, 0.1) is 10.8 Å². The van der Waals surface area contributed by atoms with Crippen molar-refractivity contribution in [2.45, 2.75) is 17.7 Å². The minimum absolute atomic E-state index is 0.0665. The number of rotatable bonds is 4. The van der Waals surface area contributed by atoms with Crippen LogP contribution in [0, 0.1) is 0 Å². The maximum absolute atomic E-state index is 12.7. The largest absolute Gasteiger partial charge is 0.508 e. The quantitative estimate of drug-likeness (QED) is 0.753. The first-order chi connectivity index (χ1) is 11.9. The summed E-state index contributed by atoms with van der Waals surface area (Å²) in [6, 6.07) is 18.1. The number of amides is 1. The van der Waals surface area contributed by atoms with Gasteiger partial charge in [-0.25, -0.2) is 13.1 Å². The lowest BCUT2D eigenvalue weighted by molar-refractivity contribution is -0.120. The Morgan fingerprint density at radius 2 is 1.60 bits per heavy atom. The van der Waals surface area contributed by atoms with Crippen molar-refractivity contribution in [1.29, 1.82) is 0 Å². The van der Waals surface area contributed by atoms with Gasteiger partial charge in [-0.3, -0.25) is 4.79 Å². The number of hydrogen-bond donors (Lipinski definition) is 2. The molecule has 0 saturated carbocycles. The van der Waals surface area contributed by atoms with E-state index in [0.717, 1.165) is 5.39 Å². The van der Waals surface area contributed by atoms with Gasteiger partial charge in [0.25, 0.3) is 10.0 Å². The van der Waals surface area contributed by atoms with Crippen LogP contribution in [0.1, 0.15) is 18.4 Å². The molecule has 0 radical (unpaired) electrons. The third-order valence-electron chi connectivity index (χ3n) is 4.06. The van der Waals surface area contributed by atoms with Gasteiger partial charge in [0.2, 0.25) is 5.91 Å². The van der Waals surface area contributed by atoms with Crippen molar-refractivity contribution in [3.8, 4) is 5.75 Å². The second kappa shape index (κ2) is 6.57. The number of sulfonamides is 1. The first-order valence-corrected chi connectivity index (χ1v) is 9.20. The molecule has 25 heavy (non-hydrogen) atoms. The van der Waals surface area contributed by atoms with Crippen molar-refractivity contribution in [3.05, 3.63) is 72.3 Å². The molecule has 5 nitrogen and oxygen atoms in total. The molecule has 0 heterocycles. The average Bonchev–Trinajstić information content (AvgIpc) is 2.61. The highest BCUT2D eigenvalue weighted by atomic mass is 32.2. The molecule has 2 N–H and O–H groups in total. The number of phenols is 1. The first-order valence-electron chi connectivity index (χ1n) is 7.72. The average molecular weight is 355 g/mol. The van der Waals surface area contributed by atoms with Gasteiger partial charge in [0, 0.05) is 5.39 Å². The van der Waals surface area contributed by atoms with Crippen LogP contribution in [-0.4, -0.2) is 19.4 Å². The van der Waals surface area contributed by atoms with Crippen LogP contribution in [0.25, 0.3) is 10.8 Å². The van der Waals surface area contributed by atoms with Gasteiger partial charge in [-0.2, -0.15) is 0 Å². The number of aromatic hydroxyl groups is 1. The van der Waals surface area contributed by atoms with Crippen molar-refractivity contribution < 1.29 is 18.3 Å². The predicted octanol–water partition coefficient (Wildman–Crippen LogP) is 3.15. The van der Waals surface area contributed by atoms with Crippen LogP contribution in [-0.2, 0) is 14.8 Å². The van der Waals surface area contributed by atoms with E-state index in [1.165, 1.54) is 18.2 Å². The summed E-state index contributed by atoms with van der Waals surface area (Å²) >= 11 is 0. The van der Waals surface area contributed by atoms with Crippen LogP contribution in [0.5, 0.6) is 5.75 Å². The Balaban J connectivity index is 1.90. The fraction of sp³-hybridized carbons (Fsp3) is 0.105. The van der Waals surface area contributed by atoms with E-state index in [1.807, 2.05) is 18.2 Å². The Hall–Kier alpha value is -2.86. The van der Waals surface area contributed by atoms with Gasteiger partial charge in [-0.05, 0) is 36.1 Å². The smallest absolute Gasteiger partial charge is 0.264 e. The van der Waals surface area contributed by atoms with E-state index in [-0.39, 0.29) is 10.6 Å². The van der Waals surface area contributed by atoms with Crippen molar-refractivity contribution in [2.24, 2.45) is 0 Å². The maximum atomic E-state index is 12.7. The van der Waals surface area contributed by atoms with E-state index < -0.39 is 21.8 Å². The van der Waals surface area contributed by atoms with Crippen LogP contribution in [0.3, 0.4) is 0 Å². The molecule has 6 heteroatoms. The Labute approximate surface area is 146 Å². The van der Waals surface area contributed by atoms with Gasteiger partial charge in [-0.1, -0.05) is 48.5 Å².